The van der Waals surface area contributed by atoms with E-state index in [4.69, 9.17) is 0 Å². The van der Waals surface area contributed by atoms with E-state index in [1.165, 1.54) is 29.2 Å². The molecule has 2 saturated heterocycles. The van der Waals surface area contributed by atoms with Crippen molar-refractivity contribution < 1.29 is 9.72 Å². The second kappa shape index (κ2) is 8.45. The number of hydrogen-bond donors (Lipinski definition) is 0. The van der Waals surface area contributed by atoms with Crippen molar-refractivity contribution in [3.63, 3.8) is 0 Å². The number of non-ortho nitro benzene ring substituents is 1. The molecule has 0 bridgehead atoms. The molecule has 0 aromatic heterocycles. The molecule has 146 valence electrons. The standard InChI is InChI=1S/C20H21N3O3S2/c24-19(15-1-3-16(4-2-15)20-27-13-14-28-20)22-11-9-21(10-12-22)17-5-7-18(8-6-17)23(25)26/h1-8,20H,9-14H2. The molecule has 0 N–H and O–H groups in total. The zero-order chi connectivity index (χ0) is 19.5. The summed E-state index contributed by atoms with van der Waals surface area (Å²) in [5, 5.41) is 10.8. The van der Waals surface area contributed by atoms with Crippen molar-refractivity contribution in [1.82, 2.24) is 4.90 Å². The highest BCUT2D eigenvalue weighted by Crippen LogP contribution is 2.45. The van der Waals surface area contributed by atoms with Crippen LogP contribution in [0.3, 0.4) is 0 Å². The number of thioether (sulfide) groups is 2. The Hall–Kier alpha value is -2.19. The molecule has 0 saturated carbocycles. The van der Waals surface area contributed by atoms with Crippen LogP contribution in [0.25, 0.3) is 0 Å². The monoisotopic (exact) mass is 415 g/mol. The van der Waals surface area contributed by atoms with E-state index in [9.17, 15) is 14.9 Å². The minimum absolute atomic E-state index is 0.0710. The number of hydrogen-bond acceptors (Lipinski definition) is 6. The van der Waals surface area contributed by atoms with E-state index in [2.05, 4.69) is 17.0 Å². The Morgan fingerprint density at radius 3 is 2.11 bits per heavy atom. The van der Waals surface area contributed by atoms with Gasteiger partial charge in [0.05, 0.1) is 9.51 Å². The van der Waals surface area contributed by atoms with Gasteiger partial charge >= 0.3 is 0 Å². The molecule has 2 aromatic carbocycles. The number of nitro benzene ring substituents is 1. The predicted molar refractivity (Wildman–Crippen MR) is 115 cm³/mol. The number of benzene rings is 2. The van der Waals surface area contributed by atoms with Gasteiger partial charge in [-0.1, -0.05) is 12.1 Å². The highest BCUT2D eigenvalue weighted by atomic mass is 32.2. The summed E-state index contributed by atoms with van der Waals surface area (Å²) in [4.78, 5) is 27.2. The van der Waals surface area contributed by atoms with Crippen LogP contribution in [0.4, 0.5) is 11.4 Å². The molecule has 2 aliphatic rings. The van der Waals surface area contributed by atoms with Crippen LogP contribution in [0.2, 0.25) is 0 Å². The Labute approximate surface area is 172 Å². The number of nitrogens with zero attached hydrogens (tertiary/aromatic N) is 3. The summed E-state index contributed by atoms with van der Waals surface area (Å²) in [6.07, 6.45) is 0. The van der Waals surface area contributed by atoms with E-state index in [0.29, 0.717) is 17.7 Å². The first-order chi connectivity index (χ1) is 13.6. The highest BCUT2D eigenvalue weighted by molar-refractivity contribution is 8.19. The Morgan fingerprint density at radius 2 is 1.54 bits per heavy atom. The van der Waals surface area contributed by atoms with Crippen LogP contribution in [0.1, 0.15) is 20.5 Å². The fraction of sp³-hybridized carbons (Fsp3) is 0.350. The van der Waals surface area contributed by atoms with Gasteiger partial charge in [-0.05, 0) is 29.8 Å². The van der Waals surface area contributed by atoms with E-state index >= 15 is 0 Å². The van der Waals surface area contributed by atoms with E-state index in [1.54, 1.807) is 12.1 Å². The average molecular weight is 416 g/mol. The normalized spacial score (nSPS) is 17.7. The van der Waals surface area contributed by atoms with E-state index in [-0.39, 0.29) is 11.6 Å². The molecule has 0 spiro atoms. The van der Waals surface area contributed by atoms with Crippen LogP contribution in [-0.4, -0.2) is 53.4 Å². The molecule has 2 aliphatic heterocycles. The van der Waals surface area contributed by atoms with Crippen molar-refractivity contribution >= 4 is 40.8 Å². The van der Waals surface area contributed by atoms with Crippen LogP contribution in [0, 0.1) is 10.1 Å². The van der Waals surface area contributed by atoms with Crippen molar-refractivity contribution in [2.75, 3.05) is 42.6 Å². The number of piperazine rings is 1. The molecule has 2 fully saturated rings. The van der Waals surface area contributed by atoms with Gasteiger partial charge in [0.1, 0.15) is 0 Å². The maximum atomic E-state index is 12.8. The van der Waals surface area contributed by atoms with E-state index < -0.39 is 4.92 Å². The molecule has 2 aromatic rings. The van der Waals surface area contributed by atoms with Gasteiger partial charge in [0.15, 0.2) is 0 Å². The molecule has 0 aliphatic carbocycles. The van der Waals surface area contributed by atoms with Gasteiger partial charge in [0.2, 0.25) is 0 Å². The van der Waals surface area contributed by atoms with Crippen molar-refractivity contribution in [3.8, 4) is 0 Å². The van der Waals surface area contributed by atoms with Crippen LogP contribution in [-0.2, 0) is 0 Å². The van der Waals surface area contributed by atoms with Crippen molar-refractivity contribution in [3.05, 3.63) is 69.8 Å². The Morgan fingerprint density at radius 1 is 0.929 bits per heavy atom. The van der Waals surface area contributed by atoms with Crippen molar-refractivity contribution in [2.45, 2.75) is 4.58 Å². The molecular formula is C20H21N3O3S2. The van der Waals surface area contributed by atoms with Crippen molar-refractivity contribution in [2.24, 2.45) is 0 Å². The van der Waals surface area contributed by atoms with Crippen LogP contribution < -0.4 is 4.90 Å². The number of nitro groups is 1. The number of amides is 1. The molecular weight excluding hydrogens is 394 g/mol. The smallest absolute Gasteiger partial charge is 0.269 e. The van der Waals surface area contributed by atoms with Gasteiger partial charge in [-0.15, -0.1) is 23.5 Å². The lowest BCUT2D eigenvalue weighted by molar-refractivity contribution is -0.384. The second-order valence-corrected chi connectivity index (χ2v) is 9.47. The molecule has 28 heavy (non-hydrogen) atoms. The largest absolute Gasteiger partial charge is 0.368 e. The molecule has 2 heterocycles. The fourth-order valence-corrected chi connectivity index (χ4v) is 6.33. The second-order valence-electron chi connectivity index (χ2n) is 6.75. The van der Waals surface area contributed by atoms with Gasteiger partial charge in [-0.2, -0.15) is 0 Å². The van der Waals surface area contributed by atoms with Gasteiger partial charge in [0.25, 0.3) is 11.6 Å². The third-order valence-corrected chi connectivity index (χ3v) is 8.15. The topological polar surface area (TPSA) is 66.7 Å². The highest BCUT2D eigenvalue weighted by Gasteiger charge is 2.23. The lowest BCUT2D eigenvalue weighted by Crippen LogP contribution is -2.48. The maximum absolute atomic E-state index is 12.8. The van der Waals surface area contributed by atoms with Gasteiger partial charge in [-0.25, -0.2) is 0 Å². The summed E-state index contributed by atoms with van der Waals surface area (Å²) >= 11 is 3.93. The molecule has 0 atom stereocenters. The molecule has 1 amide bonds. The lowest BCUT2D eigenvalue weighted by Gasteiger charge is -2.36. The minimum Gasteiger partial charge on any atom is -0.368 e. The van der Waals surface area contributed by atoms with Crippen LogP contribution in [0.5, 0.6) is 0 Å². The summed E-state index contributed by atoms with van der Waals surface area (Å²) in [5.41, 5.74) is 3.07. The lowest BCUT2D eigenvalue weighted by atomic mass is 10.1. The van der Waals surface area contributed by atoms with E-state index in [1.807, 2.05) is 40.6 Å². The zero-order valence-corrected chi connectivity index (χ0v) is 17.0. The number of carbonyl (C=O) groups excluding carboxylic acids is 1. The third-order valence-electron chi connectivity index (χ3n) is 5.04. The molecule has 6 nitrogen and oxygen atoms in total. The first-order valence-corrected chi connectivity index (χ1v) is 11.3. The zero-order valence-electron chi connectivity index (χ0n) is 15.3. The molecule has 0 unspecified atom stereocenters. The molecule has 0 radical (unpaired) electrons. The Bertz CT molecular complexity index is 844. The molecule has 4 rings (SSSR count). The van der Waals surface area contributed by atoms with Gasteiger partial charge in [0, 0.05) is 61.1 Å². The summed E-state index contributed by atoms with van der Waals surface area (Å²) in [7, 11) is 0. The Kier molecular flexibility index (Phi) is 5.77. The number of anilines is 1. The summed E-state index contributed by atoms with van der Waals surface area (Å²) in [6, 6.07) is 14.6. The first-order valence-electron chi connectivity index (χ1n) is 9.24. The van der Waals surface area contributed by atoms with E-state index in [0.717, 1.165) is 24.3 Å². The van der Waals surface area contributed by atoms with Crippen LogP contribution >= 0.6 is 23.5 Å². The summed E-state index contributed by atoms with van der Waals surface area (Å²) in [5.74, 6) is 2.45. The summed E-state index contributed by atoms with van der Waals surface area (Å²) in [6.45, 7) is 2.73. The molecule has 8 heteroatoms. The maximum Gasteiger partial charge on any atom is 0.269 e. The fourth-order valence-electron chi connectivity index (χ4n) is 3.47. The minimum atomic E-state index is -0.393. The SMILES string of the molecule is O=C(c1ccc(C2SCCS2)cc1)N1CCN(c2ccc([N+](=O)[O-])cc2)CC1. The quantitative estimate of drug-likeness (QED) is 0.555. The average Bonchev–Trinajstić information content (AvgIpc) is 3.28. The third kappa shape index (κ3) is 4.12. The Balaban J connectivity index is 1.35. The summed E-state index contributed by atoms with van der Waals surface area (Å²) < 4.78 is 0.495. The predicted octanol–water partition coefficient (Wildman–Crippen LogP) is 4.04. The number of carbonyl (C=O) groups is 1. The van der Waals surface area contributed by atoms with Gasteiger partial charge < -0.3 is 9.80 Å². The van der Waals surface area contributed by atoms with Crippen molar-refractivity contribution in [1.29, 1.82) is 0 Å². The van der Waals surface area contributed by atoms with Gasteiger partial charge in [-0.3, -0.25) is 14.9 Å². The number of rotatable bonds is 4. The van der Waals surface area contributed by atoms with Crippen LogP contribution in [0.15, 0.2) is 48.5 Å². The first kappa shape index (κ1) is 19.1.